The first-order valence-corrected chi connectivity index (χ1v) is 7.97. The van der Waals surface area contributed by atoms with Gasteiger partial charge in [0.15, 0.2) is 9.84 Å². The molecule has 7 nitrogen and oxygen atoms in total. The molecule has 0 aliphatic heterocycles. The highest BCUT2D eigenvalue weighted by molar-refractivity contribution is 7.90. The number of sulfone groups is 1. The highest BCUT2D eigenvalue weighted by Gasteiger charge is 2.14. The van der Waals surface area contributed by atoms with Gasteiger partial charge in [0, 0.05) is 25.1 Å². The monoisotopic (exact) mass is 304 g/mol. The first-order valence-electron chi connectivity index (χ1n) is 6.08. The van der Waals surface area contributed by atoms with E-state index in [1.165, 1.54) is 12.1 Å². The normalized spacial score (nSPS) is 11.7. The Labute approximate surface area is 121 Å². The average Bonchev–Trinajstić information content (AvgIpc) is 3.06. The topological polar surface area (TPSA) is 90.9 Å². The molecule has 2 heterocycles. The lowest BCUT2D eigenvalue weighted by Gasteiger charge is -1.98. The molecule has 2 aromatic heterocycles. The predicted octanol–water partition coefficient (Wildman–Crippen LogP) is 1.54. The van der Waals surface area contributed by atoms with Crippen molar-refractivity contribution >= 4 is 9.84 Å². The fourth-order valence-corrected chi connectivity index (χ4v) is 2.51. The predicted molar refractivity (Wildman–Crippen MR) is 75.0 cm³/mol. The van der Waals surface area contributed by atoms with Crippen LogP contribution in [0, 0.1) is 0 Å². The molecule has 0 fully saturated rings. The third kappa shape index (κ3) is 2.57. The van der Waals surface area contributed by atoms with Gasteiger partial charge in [-0.2, -0.15) is 10.1 Å². The second-order valence-corrected chi connectivity index (χ2v) is 6.58. The van der Waals surface area contributed by atoms with Crippen LogP contribution in [0.2, 0.25) is 0 Å². The third-order valence-corrected chi connectivity index (χ3v) is 4.14. The smallest absolute Gasteiger partial charge is 0.276 e. The van der Waals surface area contributed by atoms with Crippen molar-refractivity contribution in [2.24, 2.45) is 7.05 Å². The molecule has 1 aromatic carbocycles. The van der Waals surface area contributed by atoms with Crippen LogP contribution < -0.4 is 0 Å². The van der Waals surface area contributed by atoms with E-state index in [0.29, 0.717) is 23.0 Å². The fraction of sp³-hybridized carbons (Fsp3) is 0.154. The van der Waals surface area contributed by atoms with E-state index in [0.717, 1.165) is 6.26 Å². The molecule has 21 heavy (non-hydrogen) atoms. The van der Waals surface area contributed by atoms with Gasteiger partial charge in [-0.15, -0.1) is 0 Å². The van der Waals surface area contributed by atoms with Crippen molar-refractivity contribution in [3.63, 3.8) is 0 Å². The summed E-state index contributed by atoms with van der Waals surface area (Å²) < 4.78 is 29.7. The molecule has 0 N–H and O–H groups in total. The van der Waals surface area contributed by atoms with Crippen LogP contribution in [-0.2, 0) is 16.9 Å². The lowest BCUT2D eigenvalue weighted by molar-refractivity contribution is 0.428. The Hall–Kier alpha value is -2.48. The lowest BCUT2D eigenvalue weighted by Crippen LogP contribution is -1.96. The number of benzene rings is 1. The molecule has 0 atom stereocenters. The zero-order chi connectivity index (χ0) is 15.0. The van der Waals surface area contributed by atoms with Gasteiger partial charge in [0.2, 0.25) is 5.82 Å². The molecule has 8 heteroatoms. The van der Waals surface area contributed by atoms with E-state index in [1.54, 1.807) is 36.1 Å². The van der Waals surface area contributed by atoms with E-state index < -0.39 is 9.84 Å². The van der Waals surface area contributed by atoms with Crippen LogP contribution in [0.3, 0.4) is 0 Å². The van der Waals surface area contributed by atoms with Crippen molar-refractivity contribution in [3.05, 3.63) is 36.5 Å². The SMILES string of the molecule is Cn1nccc1-c1nc(-c2ccc(S(C)(=O)=O)cc2)no1. The minimum atomic E-state index is -3.21. The van der Waals surface area contributed by atoms with Gasteiger partial charge in [-0.25, -0.2) is 8.42 Å². The van der Waals surface area contributed by atoms with Crippen LogP contribution in [0.25, 0.3) is 23.0 Å². The van der Waals surface area contributed by atoms with Crippen molar-refractivity contribution in [2.75, 3.05) is 6.26 Å². The maximum absolute atomic E-state index is 11.4. The standard InChI is InChI=1S/C13H12N4O3S/c1-17-11(7-8-14-17)13-15-12(16-20-13)9-3-5-10(6-4-9)21(2,18)19/h3-8H,1-2H3. The van der Waals surface area contributed by atoms with Gasteiger partial charge in [0.25, 0.3) is 5.89 Å². The number of aromatic nitrogens is 4. The van der Waals surface area contributed by atoms with Gasteiger partial charge in [0.1, 0.15) is 5.69 Å². The number of hydrogen-bond acceptors (Lipinski definition) is 6. The zero-order valence-electron chi connectivity index (χ0n) is 11.4. The minimum absolute atomic E-state index is 0.251. The third-order valence-electron chi connectivity index (χ3n) is 3.01. The van der Waals surface area contributed by atoms with E-state index in [2.05, 4.69) is 15.2 Å². The summed E-state index contributed by atoms with van der Waals surface area (Å²) in [6, 6.07) is 8.10. The van der Waals surface area contributed by atoms with Gasteiger partial charge in [0.05, 0.1) is 4.90 Å². The molecule has 0 radical (unpaired) electrons. The summed E-state index contributed by atoms with van der Waals surface area (Å²) in [5, 5.41) is 7.93. The summed E-state index contributed by atoms with van der Waals surface area (Å²) in [4.78, 5) is 4.54. The number of nitrogens with zero attached hydrogens (tertiary/aromatic N) is 4. The molecule has 0 amide bonds. The molecule has 0 aliphatic carbocycles. The van der Waals surface area contributed by atoms with Crippen molar-refractivity contribution in [1.82, 2.24) is 19.9 Å². The van der Waals surface area contributed by atoms with E-state index in [-0.39, 0.29) is 4.90 Å². The van der Waals surface area contributed by atoms with Gasteiger partial charge in [-0.1, -0.05) is 5.16 Å². The summed E-state index contributed by atoms with van der Waals surface area (Å²) in [6.07, 6.45) is 2.80. The Morgan fingerprint density at radius 3 is 2.43 bits per heavy atom. The highest BCUT2D eigenvalue weighted by Crippen LogP contribution is 2.22. The molecule has 3 aromatic rings. The average molecular weight is 304 g/mol. The maximum Gasteiger partial charge on any atom is 0.276 e. The van der Waals surface area contributed by atoms with Gasteiger partial charge < -0.3 is 4.52 Å². The Balaban J connectivity index is 1.95. The van der Waals surface area contributed by atoms with E-state index in [9.17, 15) is 8.42 Å². The van der Waals surface area contributed by atoms with E-state index >= 15 is 0 Å². The molecule has 0 aliphatic rings. The lowest BCUT2D eigenvalue weighted by atomic mass is 10.2. The van der Waals surface area contributed by atoms with Gasteiger partial charge >= 0.3 is 0 Å². The first-order chi connectivity index (χ1) is 9.95. The van der Waals surface area contributed by atoms with Crippen LogP contribution in [0.5, 0.6) is 0 Å². The zero-order valence-corrected chi connectivity index (χ0v) is 12.2. The molecule has 3 rings (SSSR count). The number of aryl methyl sites for hydroxylation is 1. The molecule has 0 saturated carbocycles. The van der Waals surface area contributed by atoms with Crippen LogP contribution in [-0.4, -0.2) is 34.6 Å². The Morgan fingerprint density at radius 2 is 1.86 bits per heavy atom. The van der Waals surface area contributed by atoms with Gasteiger partial charge in [-0.3, -0.25) is 4.68 Å². The molecular weight excluding hydrogens is 292 g/mol. The summed E-state index contributed by atoms with van der Waals surface area (Å²) in [6.45, 7) is 0. The van der Waals surface area contributed by atoms with Crippen LogP contribution in [0.4, 0.5) is 0 Å². The Morgan fingerprint density at radius 1 is 1.14 bits per heavy atom. The Bertz CT molecular complexity index is 878. The summed E-state index contributed by atoms with van der Waals surface area (Å²) in [5.41, 5.74) is 1.39. The van der Waals surface area contributed by atoms with E-state index in [1.807, 2.05) is 0 Å². The van der Waals surface area contributed by atoms with Crippen molar-refractivity contribution in [2.45, 2.75) is 4.90 Å². The summed E-state index contributed by atoms with van der Waals surface area (Å²) in [5.74, 6) is 0.753. The highest BCUT2D eigenvalue weighted by atomic mass is 32.2. The molecule has 0 saturated heterocycles. The fourth-order valence-electron chi connectivity index (χ4n) is 1.88. The molecular formula is C13H12N4O3S. The van der Waals surface area contributed by atoms with Crippen LogP contribution in [0.15, 0.2) is 45.9 Å². The molecule has 108 valence electrons. The number of hydrogen-bond donors (Lipinski definition) is 0. The minimum Gasteiger partial charge on any atom is -0.332 e. The summed E-state index contributed by atoms with van der Waals surface area (Å²) >= 11 is 0. The quantitative estimate of drug-likeness (QED) is 0.729. The number of rotatable bonds is 3. The van der Waals surface area contributed by atoms with Crippen LogP contribution in [0.1, 0.15) is 0 Å². The summed E-state index contributed by atoms with van der Waals surface area (Å²) in [7, 11) is -1.44. The first kappa shape index (κ1) is 13.5. The van der Waals surface area contributed by atoms with Crippen molar-refractivity contribution in [3.8, 4) is 23.0 Å². The van der Waals surface area contributed by atoms with Crippen molar-refractivity contribution in [1.29, 1.82) is 0 Å². The second kappa shape index (κ2) is 4.81. The largest absolute Gasteiger partial charge is 0.332 e. The molecule has 0 spiro atoms. The van der Waals surface area contributed by atoms with Crippen molar-refractivity contribution < 1.29 is 12.9 Å². The van der Waals surface area contributed by atoms with E-state index in [4.69, 9.17) is 4.52 Å². The molecule has 0 bridgehead atoms. The maximum atomic E-state index is 11.4. The second-order valence-electron chi connectivity index (χ2n) is 4.56. The van der Waals surface area contributed by atoms with Gasteiger partial charge in [-0.05, 0) is 30.3 Å². The Kier molecular flexibility index (Phi) is 3.09. The molecule has 0 unspecified atom stereocenters. The van der Waals surface area contributed by atoms with Crippen LogP contribution >= 0.6 is 0 Å².